The van der Waals surface area contributed by atoms with Gasteiger partial charge in [-0.3, -0.25) is 9.78 Å². The highest BCUT2D eigenvalue weighted by Gasteiger charge is 2.12. The summed E-state index contributed by atoms with van der Waals surface area (Å²) in [6.45, 7) is 0.277. The summed E-state index contributed by atoms with van der Waals surface area (Å²) in [7, 11) is 0. The Hall–Kier alpha value is -2.37. The summed E-state index contributed by atoms with van der Waals surface area (Å²) in [6.07, 6.45) is 1.69. The molecule has 0 unspecified atom stereocenters. The summed E-state index contributed by atoms with van der Waals surface area (Å²) < 4.78 is 5.68. The van der Waals surface area contributed by atoms with Crippen molar-refractivity contribution in [3.8, 4) is 5.75 Å². The van der Waals surface area contributed by atoms with Gasteiger partial charge in [0.2, 0.25) is 0 Å². The summed E-state index contributed by atoms with van der Waals surface area (Å²) >= 11 is 12.2. The minimum absolute atomic E-state index is 0.0444. The highest BCUT2D eigenvalue weighted by Crippen LogP contribution is 2.31. The Morgan fingerprint density at radius 1 is 1.22 bits per heavy atom. The molecule has 0 saturated carbocycles. The second-order valence-corrected chi connectivity index (χ2v) is 5.54. The first kappa shape index (κ1) is 15.5. The van der Waals surface area contributed by atoms with Crippen LogP contribution in [-0.2, 0) is 6.61 Å². The third-order valence-electron chi connectivity index (χ3n) is 3.19. The molecule has 1 amide bonds. The fourth-order valence-corrected chi connectivity index (χ4v) is 2.54. The molecule has 5 nitrogen and oxygen atoms in total. The van der Waals surface area contributed by atoms with E-state index in [9.17, 15) is 4.79 Å². The summed E-state index contributed by atoms with van der Waals surface area (Å²) in [5, 5.41) is 1.09. The van der Waals surface area contributed by atoms with Gasteiger partial charge in [-0.1, -0.05) is 29.3 Å². The van der Waals surface area contributed by atoms with E-state index in [4.69, 9.17) is 33.7 Å². The van der Waals surface area contributed by atoms with Gasteiger partial charge in [0.05, 0.1) is 21.8 Å². The second kappa shape index (κ2) is 6.40. The summed E-state index contributed by atoms with van der Waals surface area (Å²) in [5.41, 5.74) is 6.74. The van der Waals surface area contributed by atoms with E-state index in [1.165, 1.54) is 0 Å². The number of pyridine rings is 2. The lowest BCUT2D eigenvalue weighted by Crippen LogP contribution is -2.12. The van der Waals surface area contributed by atoms with Gasteiger partial charge in [0.25, 0.3) is 5.91 Å². The SMILES string of the molecule is NC(=O)c1cc2cc(Cl)c(OCc3ccccn3)cc2nc1Cl. The molecule has 116 valence electrons. The van der Waals surface area contributed by atoms with Crippen molar-refractivity contribution in [2.45, 2.75) is 6.61 Å². The number of carbonyl (C=O) groups excluding carboxylic acids is 1. The molecule has 0 aliphatic rings. The van der Waals surface area contributed by atoms with Crippen molar-refractivity contribution in [3.63, 3.8) is 0 Å². The molecular weight excluding hydrogens is 337 g/mol. The lowest BCUT2D eigenvalue weighted by molar-refractivity contribution is 0.100. The van der Waals surface area contributed by atoms with E-state index < -0.39 is 5.91 Å². The average Bonchev–Trinajstić information content (AvgIpc) is 2.53. The van der Waals surface area contributed by atoms with Crippen LogP contribution in [0.4, 0.5) is 0 Å². The maximum absolute atomic E-state index is 11.3. The average molecular weight is 348 g/mol. The van der Waals surface area contributed by atoms with Crippen molar-refractivity contribution in [1.29, 1.82) is 0 Å². The van der Waals surface area contributed by atoms with E-state index in [2.05, 4.69) is 9.97 Å². The van der Waals surface area contributed by atoms with Crippen molar-refractivity contribution in [2.24, 2.45) is 5.73 Å². The predicted molar refractivity (Wildman–Crippen MR) is 88.8 cm³/mol. The van der Waals surface area contributed by atoms with Gasteiger partial charge >= 0.3 is 0 Å². The highest BCUT2D eigenvalue weighted by molar-refractivity contribution is 6.34. The number of nitrogens with two attached hydrogens (primary N) is 1. The molecule has 3 rings (SSSR count). The van der Waals surface area contributed by atoms with Crippen molar-refractivity contribution in [3.05, 3.63) is 64.0 Å². The summed E-state index contributed by atoms with van der Waals surface area (Å²) in [4.78, 5) is 19.6. The number of benzene rings is 1. The van der Waals surface area contributed by atoms with Gasteiger partial charge in [0.1, 0.15) is 17.5 Å². The van der Waals surface area contributed by atoms with Crippen molar-refractivity contribution in [1.82, 2.24) is 9.97 Å². The molecule has 0 fully saturated rings. The molecule has 7 heteroatoms. The maximum Gasteiger partial charge on any atom is 0.251 e. The van der Waals surface area contributed by atoms with Crippen LogP contribution in [0.1, 0.15) is 16.1 Å². The molecule has 2 heterocycles. The normalized spacial score (nSPS) is 10.7. The van der Waals surface area contributed by atoms with Gasteiger partial charge in [-0.25, -0.2) is 4.98 Å². The molecule has 0 aliphatic heterocycles. The standard InChI is InChI=1S/C16H11Cl2N3O2/c17-12-6-9-5-11(16(19)22)15(18)21-13(9)7-14(12)23-8-10-3-1-2-4-20-10/h1-7H,8H2,(H2,19,22). The Morgan fingerprint density at radius 3 is 2.74 bits per heavy atom. The van der Waals surface area contributed by atoms with E-state index in [1.807, 2.05) is 18.2 Å². The zero-order valence-electron chi connectivity index (χ0n) is 11.8. The van der Waals surface area contributed by atoms with Gasteiger partial charge in [-0.15, -0.1) is 0 Å². The van der Waals surface area contributed by atoms with Gasteiger partial charge in [-0.2, -0.15) is 0 Å². The topological polar surface area (TPSA) is 78.1 Å². The molecule has 0 atom stereocenters. The third-order valence-corrected chi connectivity index (χ3v) is 3.77. The molecule has 0 radical (unpaired) electrons. The van der Waals surface area contributed by atoms with Crippen LogP contribution in [0, 0.1) is 0 Å². The number of rotatable bonds is 4. The molecule has 0 saturated heterocycles. The quantitative estimate of drug-likeness (QED) is 0.731. The number of halogens is 2. The first-order valence-electron chi connectivity index (χ1n) is 6.67. The van der Waals surface area contributed by atoms with E-state index >= 15 is 0 Å². The molecule has 0 bridgehead atoms. The number of amides is 1. The fourth-order valence-electron chi connectivity index (χ4n) is 2.07. The number of primary amides is 1. The van der Waals surface area contributed by atoms with Gasteiger partial charge in [0, 0.05) is 17.6 Å². The molecule has 3 aromatic rings. The zero-order valence-corrected chi connectivity index (χ0v) is 13.3. The van der Waals surface area contributed by atoms with Gasteiger partial charge in [0.15, 0.2) is 0 Å². The maximum atomic E-state index is 11.3. The van der Waals surface area contributed by atoms with Crippen LogP contribution in [0.3, 0.4) is 0 Å². The monoisotopic (exact) mass is 347 g/mol. The minimum Gasteiger partial charge on any atom is -0.486 e. The van der Waals surface area contributed by atoms with E-state index in [-0.39, 0.29) is 17.3 Å². The van der Waals surface area contributed by atoms with Crippen LogP contribution >= 0.6 is 23.2 Å². The molecular formula is C16H11Cl2N3O2. The smallest absolute Gasteiger partial charge is 0.251 e. The van der Waals surface area contributed by atoms with Crippen molar-refractivity contribution in [2.75, 3.05) is 0 Å². The van der Waals surface area contributed by atoms with Crippen LogP contribution in [-0.4, -0.2) is 15.9 Å². The molecule has 0 aliphatic carbocycles. The molecule has 2 N–H and O–H groups in total. The highest BCUT2D eigenvalue weighted by atomic mass is 35.5. The van der Waals surface area contributed by atoms with Crippen LogP contribution in [0.15, 0.2) is 42.6 Å². The Morgan fingerprint density at radius 2 is 2.04 bits per heavy atom. The number of fused-ring (bicyclic) bond motifs is 1. The molecule has 0 spiro atoms. The zero-order chi connectivity index (χ0) is 16.4. The fraction of sp³-hybridized carbons (Fsp3) is 0.0625. The number of nitrogens with zero attached hydrogens (tertiary/aromatic N) is 2. The van der Waals surface area contributed by atoms with Crippen LogP contribution < -0.4 is 10.5 Å². The van der Waals surface area contributed by atoms with E-state index in [1.54, 1.807) is 24.4 Å². The number of aromatic nitrogens is 2. The number of hydrogen-bond donors (Lipinski definition) is 1. The molecule has 2 aromatic heterocycles. The summed E-state index contributed by atoms with van der Waals surface area (Å²) in [5.74, 6) is -0.184. The van der Waals surface area contributed by atoms with Crippen LogP contribution in [0.25, 0.3) is 10.9 Å². The van der Waals surface area contributed by atoms with Gasteiger partial charge < -0.3 is 10.5 Å². The van der Waals surface area contributed by atoms with Crippen LogP contribution in [0.2, 0.25) is 10.2 Å². The van der Waals surface area contributed by atoms with E-state index in [0.717, 1.165) is 5.69 Å². The number of ether oxygens (including phenoxy) is 1. The molecule has 23 heavy (non-hydrogen) atoms. The Bertz CT molecular complexity index is 885. The van der Waals surface area contributed by atoms with Crippen molar-refractivity contribution < 1.29 is 9.53 Å². The van der Waals surface area contributed by atoms with Crippen LogP contribution in [0.5, 0.6) is 5.75 Å². The first-order valence-corrected chi connectivity index (χ1v) is 7.42. The predicted octanol–water partition coefficient (Wildman–Crippen LogP) is 3.61. The second-order valence-electron chi connectivity index (χ2n) is 4.78. The largest absolute Gasteiger partial charge is 0.486 e. The van der Waals surface area contributed by atoms with E-state index in [0.29, 0.717) is 21.7 Å². The van der Waals surface area contributed by atoms with Gasteiger partial charge in [-0.05, 0) is 24.3 Å². The summed E-state index contributed by atoms with van der Waals surface area (Å²) in [6, 6.07) is 10.4. The van der Waals surface area contributed by atoms with Crippen molar-refractivity contribution >= 4 is 40.0 Å². The number of hydrogen-bond acceptors (Lipinski definition) is 4. The lowest BCUT2D eigenvalue weighted by atomic mass is 10.1. The Kier molecular flexibility index (Phi) is 4.32. The number of carbonyl (C=O) groups is 1. The first-order chi connectivity index (χ1) is 11.0. The lowest BCUT2D eigenvalue weighted by Gasteiger charge is -2.10. The molecule has 1 aromatic carbocycles. The Labute approximate surface area is 142 Å². The Balaban J connectivity index is 1.94. The minimum atomic E-state index is -0.643. The third kappa shape index (κ3) is 3.36.